The molecule has 2 N–H and O–H groups in total. The van der Waals surface area contributed by atoms with Gasteiger partial charge in [-0.25, -0.2) is 0 Å². The highest BCUT2D eigenvalue weighted by molar-refractivity contribution is 5.27. The van der Waals surface area contributed by atoms with Gasteiger partial charge in [0.05, 0.1) is 5.69 Å². The van der Waals surface area contributed by atoms with Gasteiger partial charge in [-0.2, -0.15) is 5.10 Å². The van der Waals surface area contributed by atoms with Gasteiger partial charge >= 0.3 is 0 Å². The molecular formula is C15H20N4O. The zero-order valence-corrected chi connectivity index (χ0v) is 12.2. The van der Waals surface area contributed by atoms with E-state index in [0.717, 1.165) is 48.6 Å². The first-order chi connectivity index (χ1) is 9.56. The predicted octanol–water partition coefficient (Wildman–Crippen LogP) is 1.58. The lowest BCUT2D eigenvalue weighted by Crippen LogP contribution is -2.31. The van der Waals surface area contributed by atoms with Gasteiger partial charge in [-0.05, 0) is 20.8 Å². The van der Waals surface area contributed by atoms with Crippen molar-refractivity contribution >= 4 is 0 Å². The first kappa shape index (κ1) is 13.1. The number of aromatic amines is 2. The van der Waals surface area contributed by atoms with Crippen molar-refractivity contribution in [3.05, 3.63) is 50.2 Å². The smallest absolute Gasteiger partial charge is 0.187 e. The number of nitrogens with one attached hydrogen (secondary N) is 2. The molecule has 1 aliphatic rings. The molecule has 1 aliphatic heterocycles. The van der Waals surface area contributed by atoms with E-state index in [4.69, 9.17) is 0 Å². The summed E-state index contributed by atoms with van der Waals surface area (Å²) in [6.45, 7) is 8.47. The summed E-state index contributed by atoms with van der Waals surface area (Å²) in [5, 5.41) is 7.39. The SMILES string of the molecule is Cc1[nH]nc2c1CN(Cc1[nH]cc(C)c(=O)c1C)CC2. The Morgan fingerprint density at radius 1 is 1.35 bits per heavy atom. The minimum absolute atomic E-state index is 0.149. The highest BCUT2D eigenvalue weighted by Crippen LogP contribution is 2.21. The van der Waals surface area contributed by atoms with Gasteiger partial charge in [-0.1, -0.05) is 0 Å². The summed E-state index contributed by atoms with van der Waals surface area (Å²) < 4.78 is 0. The second kappa shape index (κ2) is 4.90. The normalized spacial score (nSPS) is 15.3. The number of rotatable bonds is 2. The Morgan fingerprint density at radius 3 is 2.95 bits per heavy atom. The second-order valence-electron chi connectivity index (χ2n) is 5.64. The van der Waals surface area contributed by atoms with Gasteiger partial charge in [0.15, 0.2) is 5.43 Å². The van der Waals surface area contributed by atoms with Crippen LogP contribution in [0.25, 0.3) is 0 Å². The van der Waals surface area contributed by atoms with E-state index in [1.54, 1.807) is 0 Å². The molecule has 0 aromatic carbocycles. The van der Waals surface area contributed by atoms with Crippen LogP contribution in [0.3, 0.4) is 0 Å². The Hall–Kier alpha value is -1.88. The van der Waals surface area contributed by atoms with Crippen LogP contribution in [0.15, 0.2) is 11.0 Å². The first-order valence-electron chi connectivity index (χ1n) is 6.99. The number of aromatic nitrogens is 3. The van der Waals surface area contributed by atoms with Crippen molar-refractivity contribution in [3.63, 3.8) is 0 Å². The van der Waals surface area contributed by atoms with Crippen molar-refractivity contribution in [3.8, 4) is 0 Å². The van der Waals surface area contributed by atoms with Crippen molar-refractivity contribution in [2.24, 2.45) is 0 Å². The van der Waals surface area contributed by atoms with E-state index < -0.39 is 0 Å². The van der Waals surface area contributed by atoms with Crippen LogP contribution in [-0.2, 0) is 19.5 Å². The molecule has 5 heteroatoms. The van der Waals surface area contributed by atoms with E-state index in [2.05, 4.69) is 27.0 Å². The molecule has 106 valence electrons. The Bertz CT molecular complexity index is 698. The lowest BCUT2D eigenvalue weighted by Gasteiger charge is -2.27. The molecule has 0 aliphatic carbocycles. The van der Waals surface area contributed by atoms with Crippen LogP contribution in [0.5, 0.6) is 0 Å². The summed E-state index contributed by atoms with van der Waals surface area (Å²) >= 11 is 0. The van der Waals surface area contributed by atoms with Crippen LogP contribution in [0.1, 0.15) is 33.8 Å². The van der Waals surface area contributed by atoms with Crippen molar-refractivity contribution in [1.29, 1.82) is 0 Å². The molecule has 0 unspecified atom stereocenters. The van der Waals surface area contributed by atoms with Crippen molar-refractivity contribution < 1.29 is 0 Å². The monoisotopic (exact) mass is 272 g/mol. The Labute approximate surface area is 118 Å². The third kappa shape index (κ3) is 2.18. The minimum atomic E-state index is 0.149. The molecule has 5 nitrogen and oxygen atoms in total. The summed E-state index contributed by atoms with van der Waals surface area (Å²) in [4.78, 5) is 17.6. The van der Waals surface area contributed by atoms with Gasteiger partial charge in [0, 0.05) is 60.3 Å². The Kier molecular flexibility index (Phi) is 3.22. The van der Waals surface area contributed by atoms with Crippen LogP contribution >= 0.6 is 0 Å². The largest absolute Gasteiger partial charge is 0.363 e. The summed E-state index contributed by atoms with van der Waals surface area (Å²) in [5.41, 5.74) is 6.42. The minimum Gasteiger partial charge on any atom is -0.363 e. The molecule has 0 fully saturated rings. The molecule has 0 saturated carbocycles. The maximum absolute atomic E-state index is 12.0. The molecule has 2 aromatic rings. The summed E-state index contributed by atoms with van der Waals surface area (Å²) in [5.74, 6) is 0. The number of hydrogen-bond donors (Lipinski definition) is 2. The number of nitrogens with zero attached hydrogens (tertiary/aromatic N) is 2. The fourth-order valence-electron chi connectivity index (χ4n) is 2.81. The Morgan fingerprint density at radius 2 is 2.15 bits per heavy atom. The molecule has 0 radical (unpaired) electrons. The van der Waals surface area contributed by atoms with Gasteiger partial charge in [-0.15, -0.1) is 0 Å². The van der Waals surface area contributed by atoms with Crippen molar-refractivity contribution in [1.82, 2.24) is 20.1 Å². The molecule has 0 atom stereocenters. The van der Waals surface area contributed by atoms with E-state index >= 15 is 0 Å². The third-order valence-electron chi connectivity index (χ3n) is 4.20. The predicted molar refractivity (Wildman–Crippen MR) is 77.7 cm³/mol. The van der Waals surface area contributed by atoms with E-state index in [1.165, 1.54) is 11.3 Å². The van der Waals surface area contributed by atoms with Crippen LogP contribution in [0.4, 0.5) is 0 Å². The fraction of sp³-hybridized carbons (Fsp3) is 0.467. The van der Waals surface area contributed by atoms with Gasteiger partial charge < -0.3 is 4.98 Å². The van der Waals surface area contributed by atoms with Crippen LogP contribution in [-0.4, -0.2) is 26.6 Å². The third-order valence-corrected chi connectivity index (χ3v) is 4.20. The second-order valence-corrected chi connectivity index (χ2v) is 5.64. The molecule has 3 rings (SSSR count). The lowest BCUT2D eigenvalue weighted by atomic mass is 10.0. The molecule has 0 saturated heterocycles. The lowest BCUT2D eigenvalue weighted by molar-refractivity contribution is 0.241. The van der Waals surface area contributed by atoms with Gasteiger partial charge in [0.25, 0.3) is 0 Å². The number of hydrogen-bond acceptors (Lipinski definition) is 3. The van der Waals surface area contributed by atoms with E-state index in [9.17, 15) is 4.79 Å². The standard InChI is InChI=1S/C15H20N4O/c1-9-6-16-14(10(2)15(9)20)8-19-5-4-13-12(7-19)11(3)17-18-13/h6H,4-5,7-8H2,1-3H3,(H,16,20)(H,17,18). The number of H-pyrrole nitrogens is 2. The number of fused-ring (bicyclic) bond motifs is 1. The molecule has 3 heterocycles. The summed E-state index contributed by atoms with van der Waals surface area (Å²) in [7, 11) is 0. The quantitative estimate of drug-likeness (QED) is 0.872. The van der Waals surface area contributed by atoms with Crippen molar-refractivity contribution in [2.45, 2.75) is 40.3 Å². The van der Waals surface area contributed by atoms with Gasteiger partial charge in [-0.3, -0.25) is 14.8 Å². The van der Waals surface area contributed by atoms with Gasteiger partial charge in [0.1, 0.15) is 0 Å². The zero-order chi connectivity index (χ0) is 14.3. The average molecular weight is 272 g/mol. The van der Waals surface area contributed by atoms with Gasteiger partial charge in [0.2, 0.25) is 0 Å². The number of pyridine rings is 1. The molecular weight excluding hydrogens is 252 g/mol. The molecule has 0 spiro atoms. The van der Waals surface area contributed by atoms with E-state index in [0.29, 0.717) is 0 Å². The first-order valence-corrected chi connectivity index (χ1v) is 6.99. The Balaban J connectivity index is 1.82. The topological polar surface area (TPSA) is 64.8 Å². The van der Waals surface area contributed by atoms with Crippen LogP contribution in [0, 0.1) is 20.8 Å². The van der Waals surface area contributed by atoms with Crippen molar-refractivity contribution in [2.75, 3.05) is 6.54 Å². The molecule has 20 heavy (non-hydrogen) atoms. The maximum Gasteiger partial charge on any atom is 0.187 e. The highest BCUT2D eigenvalue weighted by atomic mass is 16.1. The molecule has 2 aromatic heterocycles. The number of aryl methyl sites for hydroxylation is 2. The van der Waals surface area contributed by atoms with Crippen LogP contribution < -0.4 is 5.43 Å². The maximum atomic E-state index is 12.0. The molecule has 0 bridgehead atoms. The average Bonchev–Trinajstić information content (AvgIpc) is 2.81. The van der Waals surface area contributed by atoms with E-state index in [-0.39, 0.29) is 5.43 Å². The van der Waals surface area contributed by atoms with E-state index in [1.807, 2.05) is 20.0 Å². The fourth-order valence-corrected chi connectivity index (χ4v) is 2.81. The summed E-state index contributed by atoms with van der Waals surface area (Å²) in [6, 6.07) is 0. The summed E-state index contributed by atoms with van der Waals surface area (Å²) in [6.07, 6.45) is 2.78. The van der Waals surface area contributed by atoms with Crippen LogP contribution in [0.2, 0.25) is 0 Å². The zero-order valence-electron chi connectivity index (χ0n) is 12.2. The molecule has 0 amide bonds. The highest BCUT2D eigenvalue weighted by Gasteiger charge is 2.21.